The molecule has 0 aliphatic heterocycles. The van der Waals surface area contributed by atoms with Gasteiger partial charge in [-0.2, -0.15) is 5.10 Å². The molecule has 0 unspecified atom stereocenters. The van der Waals surface area contributed by atoms with Crippen LogP contribution in [0.2, 0.25) is 0 Å². The SMILES string of the molecule is COC(=O)Cn1ncc2c(N[C@H](C)c3ccc(C)o3)ncnc21. The molecule has 1 N–H and O–H groups in total. The zero-order valence-corrected chi connectivity index (χ0v) is 13.1. The largest absolute Gasteiger partial charge is 0.468 e. The first kappa shape index (κ1) is 15.0. The highest BCUT2D eigenvalue weighted by atomic mass is 16.5. The normalized spacial score (nSPS) is 12.3. The second-order valence-corrected chi connectivity index (χ2v) is 5.15. The Hall–Kier alpha value is -2.90. The number of aromatic nitrogens is 4. The lowest BCUT2D eigenvalue weighted by molar-refractivity contribution is -0.141. The van der Waals surface area contributed by atoms with E-state index in [4.69, 9.17) is 4.42 Å². The molecule has 0 fully saturated rings. The van der Waals surface area contributed by atoms with Gasteiger partial charge in [0.25, 0.3) is 0 Å². The van der Waals surface area contributed by atoms with E-state index in [1.165, 1.54) is 18.1 Å². The first-order valence-corrected chi connectivity index (χ1v) is 7.14. The second kappa shape index (κ2) is 6.07. The van der Waals surface area contributed by atoms with Crippen LogP contribution < -0.4 is 5.32 Å². The highest BCUT2D eigenvalue weighted by Gasteiger charge is 2.15. The van der Waals surface area contributed by atoms with Crippen LogP contribution in [0.15, 0.2) is 29.1 Å². The number of aryl methyl sites for hydroxylation is 1. The van der Waals surface area contributed by atoms with Gasteiger partial charge in [-0.25, -0.2) is 14.6 Å². The number of furan rings is 1. The van der Waals surface area contributed by atoms with Crippen molar-refractivity contribution in [2.45, 2.75) is 26.4 Å². The summed E-state index contributed by atoms with van der Waals surface area (Å²) in [6.07, 6.45) is 3.06. The molecule has 120 valence electrons. The van der Waals surface area contributed by atoms with E-state index in [-0.39, 0.29) is 18.6 Å². The summed E-state index contributed by atoms with van der Waals surface area (Å²) in [7, 11) is 1.34. The van der Waals surface area contributed by atoms with E-state index >= 15 is 0 Å². The van der Waals surface area contributed by atoms with Gasteiger partial charge in [-0.1, -0.05) is 0 Å². The number of fused-ring (bicyclic) bond motifs is 1. The molecular formula is C15H17N5O3. The molecule has 0 amide bonds. The lowest BCUT2D eigenvalue weighted by Gasteiger charge is -2.12. The summed E-state index contributed by atoms with van der Waals surface area (Å²) >= 11 is 0. The quantitative estimate of drug-likeness (QED) is 0.720. The first-order valence-electron chi connectivity index (χ1n) is 7.14. The molecule has 3 aromatic heterocycles. The van der Waals surface area contributed by atoms with Gasteiger partial charge in [0, 0.05) is 0 Å². The Morgan fingerprint density at radius 2 is 2.26 bits per heavy atom. The number of rotatable bonds is 5. The van der Waals surface area contributed by atoms with Crippen LogP contribution in [-0.4, -0.2) is 32.8 Å². The van der Waals surface area contributed by atoms with E-state index < -0.39 is 0 Å². The molecule has 0 aliphatic carbocycles. The maximum Gasteiger partial charge on any atom is 0.327 e. The molecule has 0 saturated carbocycles. The fourth-order valence-corrected chi connectivity index (χ4v) is 2.27. The molecule has 3 rings (SSSR count). The summed E-state index contributed by atoms with van der Waals surface area (Å²) in [5.74, 6) is 1.92. The summed E-state index contributed by atoms with van der Waals surface area (Å²) in [6.45, 7) is 3.88. The summed E-state index contributed by atoms with van der Waals surface area (Å²) in [6, 6.07) is 3.77. The summed E-state index contributed by atoms with van der Waals surface area (Å²) in [5.41, 5.74) is 0.565. The molecule has 0 spiro atoms. The van der Waals surface area contributed by atoms with Crippen LogP contribution in [0.3, 0.4) is 0 Å². The van der Waals surface area contributed by atoms with Crippen LogP contribution in [0.1, 0.15) is 24.5 Å². The maximum atomic E-state index is 11.4. The molecule has 3 aromatic rings. The van der Waals surface area contributed by atoms with Crippen molar-refractivity contribution >= 4 is 22.8 Å². The van der Waals surface area contributed by atoms with Crippen molar-refractivity contribution in [1.29, 1.82) is 0 Å². The van der Waals surface area contributed by atoms with Crippen molar-refractivity contribution in [1.82, 2.24) is 19.7 Å². The molecular weight excluding hydrogens is 298 g/mol. The zero-order valence-electron chi connectivity index (χ0n) is 13.1. The third kappa shape index (κ3) is 3.01. The van der Waals surface area contributed by atoms with E-state index in [9.17, 15) is 4.79 Å². The average Bonchev–Trinajstić information content (AvgIpc) is 3.15. The third-order valence-corrected chi connectivity index (χ3v) is 3.48. The van der Waals surface area contributed by atoms with E-state index in [2.05, 4.69) is 25.1 Å². The predicted octanol–water partition coefficient (Wildman–Crippen LogP) is 2.07. The van der Waals surface area contributed by atoms with Gasteiger partial charge >= 0.3 is 5.97 Å². The van der Waals surface area contributed by atoms with Crippen molar-refractivity contribution in [2.24, 2.45) is 0 Å². The maximum absolute atomic E-state index is 11.4. The summed E-state index contributed by atoms with van der Waals surface area (Å²) in [5, 5.41) is 8.19. The van der Waals surface area contributed by atoms with Crippen LogP contribution in [-0.2, 0) is 16.1 Å². The van der Waals surface area contributed by atoms with Gasteiger partial charge in [-0.05, 0) is 26.0 Å². The van der Waals surface area contributed by atoms with Gasteiger partial charge < -0.3 is 14.5 Å². The number of nitrogens with one attached hydrogen (secondary N) is 1. The van der Waals surface area contributed by atoms with Gasteiger partial charge in [0.1, 0.15) is 30.2 Å². The van der Waals surface area contributed by atoms with Crippen LogP contribution in [0.4, 0.5) is 5.82 Å². The molecule has 23 heavy (non-hydrogen) atoms. The van der Waals surface area contributed by atoms with E-state index in [0.717, 1.165) is 16.9 Å². The zero-order chi connectivity index (χ0) is 16.4. The van der Waals surface area contributed by atoms with Crippen LogP contribution >= 0.6 is 0 Å². The minimum absolute atomic E-state index is 0.00336. The topological polar surface area (TPSA) is 95.1 Å². The molecule has 0 bridgehead atoms. The predicted molar refractivity (Wildman–Crippen MR) is 82.8 cm³/mol. The van der Waals surface area contributed by atoms with Crippen molar-refractivity contribution in [2.75, 3.05) is 12.4 Å². The smallest absolute Gasteiger partial charge is 0.327 e. The fourth-order valence-electron chi connectivity index (χ4n) is 2.27. The molecule has 0 aromatic carbocycles. The summed E-state index contributed by atoms with van der Waals surface area (Å²) in [4.78, 5) is 19.9. The number of anilines is 1. The van der Waals surface area contributed by atoms with Gasteiger partial charge in [-0.15, -0.1) is 0 Å². The lowest BCUT2D eigenvalue weighted by atomic mass is 10.2. The highest BCUT2D eigenvalue weighted by molar-refractivity contribution is 5.87. The van der Waals surface area contributed by atoms with Crippen molar-refractivity contribution < 1.29 is 13.9 Å². The molecule has 0 aliphatic rings. The highest BCUT2D eigenvalue weighted by Crippen LogP contribution is 2.24. The Morgan fingerprint density at radius 3 is 2.96 bits per heavy atom. The van der Waals surface area contributed by atoms with Crippen LogP contribution in [0, 0.1) is 6.92 Å². The Bertz CT molecular complexity index is 839. The van der Waals surface area contributed by atoms with E-state index in [1.54, 1.807) is 6.20 Å². The molecule has 0 radical (unpaired) electrons. The number of methoxy groups -OCH3 is 1. The number of esters is 1. The Morgan fingerprint density at radius 1 is 1.43 bits per heavy atom. The average molecular weight is 315 g/mol. The summed E-state index contributed by atoms with van der Waals surface area (Å²) < 4.78 is 11.8. The Kier molecular flexibility index (Phi) is 3.96. The van der Waals surface area contributed by atoms with Gasteiger partial charge in [-0.3, -0.25) is 4.79 Å². The third-order valence-electron chi connectivity index (χ3n) is 3.48. The minimum atomic E-state index is -0.387. The van der Waals surface area contributed by atoms with Gasteiger partial charge in [0.15, 0.2) is 5.65 Å². The number of ether oxygens (including phenoxy) is 1. The minimum Gasteiger partial charge on any atom is -0.468 e. The van der Waals surface area contributed by atoms with Gasteiger partial charge in [0.2, 0.25) is 0 Å². The van der Waals surface area contributed by atoms with Crippen molar-refractivity contribution in [3.63, 3.8) is 0 Å². The monoisotopic (exact) mass is 315 g/mol. The number of hydrogen-bond acceptors (Lipinski definition) is 7. The van der Waals surface area contributed by atoms with Crippen LogP contribution in [0.5, 0.6) is 0 Å². The number of nitrogens with zero attached hydrogens (tertiary/aromatic N) is 4. The van der Waals surface area contributed by atoms with Crippen molar-refractivity contribution in [3.05, 3.63) is 36.2 Å². The fraction of sp³-hybridized carbons (Fsp3) is 0.333. The molecule has 8 heteroatoms. The second-order valence-electron chi connectivity index (χ2n) is 5.15. The number of carbonyl (C=O) groups is 1. The van der Waals surface area contributed by atoms with Gasteiger partial charge in [0.05, 0.1) is 24.7 Å². The molecule has 1 atom stereocenters. The Labute approximate surface area is 132 Å². The molecule has 3 heterocycles. The first-order chi connectivity index (χ1) is 11.1. The lowest BCUT2D eigenvalue weighted by Crippen LogP contribution is -2.13. The Balaban J connectivity index is 1.88. The standard InChI is InChI=1S/C15H17N5O3/c1-9-4-5-12(23-9)10(2)19-14-11-6-18-20(7-13(21)22-3)15(11)17-8-16-14/h4-6,8,10H,7H2,1-3H3,(H,16,17,19)/t10-/m1/s1. The number of hydrogen-bond donors (Lipinski definition) is 1. The molecule has 8 nitrogen and oxygen atoms in total. The van der Waals surface area contributed by atoms with Crippen LogP contribution in [0.25, 0.3) is 11.0 Å². The van der Waals surface area contributed by atoms with Crippen molar-refractivity contribution in [3.8, 4) is 0 Å². The molecule has 0 saturated heterocycles. The van der Waals surface area contributed by atoms with E-state index in [1.807, 2.05) is 26.0 Å². The number of carbonyl (C=O) groups excluding carboxylic acids is 1. The van der Waals surface area contributed by atoms with E-state index in [0.29, 0.717) is 11.5 Å².